The summed E-state index contributed by atoms with van der Waals surface area (Å²) in [5, 5.41) is 9.28. The Balaban J connectivity index is 2.23. The maximum Gasteiger partial charge on any atom is 0.156 e. The molecule has 2 aromatic heterocycles. The van der Waals surface area contributed by atoms with Crippen LogP contribution in [0, 0.1) is 6.92 Å². The molecule has 0 spiro atoms. The molecule has 4 heteroatoms. The van der Waals surface area contributed by atoms with E-state index in [1.54, 1.807) is 18.3 Å². The van der Waals surface area contributed by atoms with E-state index in [-0.39, 0.29) is 5.75 Å². The van der Waals surface area contributed by atoms with Crippen LogP contribution in [0.5, 0.6) is 5.75 Å². The van der Waals surface area contributed by atoms with Gasteiger partial charge in [-0.3, -0.25) is 0 Å². The van der Waals surface area contributed by atoms with Gasteiger partial charge in [-0.25, -0.2) is 9.97 Å². The number of phenols is 1. The first-order chi connectivity index (χ1) is 8.24. The van der Waals surface area contributed by atoms with Gasteiger partial charge in [-0.15, -0.1) is 0 Å². The van der Waals surface area contributed by atoms with Crippen molar-refractivity contribution < 1.29 is 5.11 Å². The molecule has 0 aliphatic carbocycles. The molecule has 0 aliphatic heterocycles. The van der Waals surface area contributed by atoms with Gasteiger partial charge in [0.2, 0.25) is 0 Å². The van der Waals surface area contributed by atoms with E-state index in [0.29, 0.717) is 0 Å². The number of fused-ring (bicyclic) bond motifs is 1. The smallest absolute Gasteiger partial charge is 0.156 e. The summed E-state index contributed by atoms with van der Waals surface area (Å²) < 4.78 is 0. The molecule has 2 N–H and O–H groups in total. The molecule has 0 aliphatic rings. The fourth-order valence-electron chi connectivity index (χ4n) is 1.84. The van der Waals surface area contributed by atoms with Crippen LogP contribution in [0.2, 0.25) is 0 Å². The molecule has 0 fully saturated rings. The number of hydrogen-bond acceptors (Lipinski definition) is 3. The van der Waals surface area contributed by atoms with Crippen molar-refractivity contribution in [2.45, 2.75) is 6.92 Å². The molecule has 0 unspecified atom stereocenters. The number of aromatic nitrogens is 3. The van der Waals surface area contributed by atoms with Crippen molar-refractivity contribution >= 4 is 11.2 Å². The Bertz CT molecular complexity index is 671. The summed E-state index contributed by atoms with van der Waals surface area (Å²) in [5.74, 6) is 0.260. The number of H-pyrrole nitrogens is 1. The van der Waals surface area contributed by atoms with Crippen molar-refractivity contribution in [2.24, 2.45) is 0 Å². The Morgan fingerprint density at radius 3 is 2.71 bits per heavy atom. The maximum absolute atomic E-state index is 9.28. The number of benzene rings is 1. The van der Waals surface area contributed by atoms with Crippen LogP contribution in [0.15, 0.2) is 36.7 Å². The van der Waals surface area contributed by atoms with Gasteiger partial charge in [-0.1, -0.05) is 12.1 Å². The number of nitrogens with one attached hydrogen (secondary N) is 1. The topological polar surface area (TPSA) is 61.8 Å². The van der Waals surface area contributed by atoms with E-state index in [1.165, 1.54) is 0 Å². The standard InChI is InChI=1S/C13H11N3O/c1-8-6-14-13-12(16-8)11(7-15-13)9-2-4-10(17)5-3-9/h2-7,17H,1H3,(H,14,15). The molecule has 2 heterocycles. The number of aromatic hydroxyl groups is 1. The molecule has 17 heavy (non-hydrogen) atoms. The van der Waals surface area contributed by atoms with E-state index in [0.717, 1.165) is 28.0 Å². The van der Waals surface area contributed by atoms with Crippen LogP contribution in [0.4, 0.5) is 0 Å². The van der Waals surface area contributed by atoms with Crippen LogP contribution in [0.25, 0.3) is 22.3 Å². The van der Waals surface area contributed by atoms with Crippen molar-refractivity contribution in [3.05, 3.63) is 42.4 Å². The molecule has 0 radical (unpaired) electrons. The van der Waals surface area contributed by atoms with Crippen molar-refractivity contribution in [1.82, 2.24) is 15.0 Å². The van der Waals surface area contributed by atoms with Crippen LogP contribution in [-0.2, 0) is 0 Å². The van der Waals surface area contributed by atoms with Gasteiger partial charge < -0.3 is 10.1 Å². The molecular weight excluding hydrogens is 214 g/mol. The molecule has 3 aromatic rings. The van der Waals surface area contributed by atoms with Crippen molar-refractivity contribution in [3.63, 3.8) is 0 Å². The summed E-state index contributed by atoms with van der Waals surface area (Å²) in [7, 11) is 0. The van der Waals surface area contributed by atoms with Gasteiger partial charge in [-0.2, -0.15) is 0 Å². The van der Waals surface area contributed by atoms with Crippen molar-refractivity contribution in [3.8, 4) is 16.9 Å². The average molecular weight is 225 g/mol. The molecule has 0 bridgehead atoms. The molecule has 0 saturated heterocycles. The minimum Gasteiger partial charge on any atom is -0.508 e. The number of nitrogens with zero attached hydrogens (tertiary/aromatic N) is 2. The largest absolute Gasteiger partial charge is 0.508 e. The van der Waals surface area contributed by atoms with Crippen molar-refractivity contribution in [1.29, 1.82) is 0 Å². The van der Waals surface area contributed by atoms with Crippen LogP contribution in [-0.4, -0.2) is 20.1 Å². The Morgan fingerprint density at radius 1 is 1.18 bits per heavy atom. The lowest BCUT2D eigenvalue weighted by Gasteiger charge is -1.99. The molecular formula is C13H11N3O. The highest BCUT2D eigenvalue weighted by Crippen LogP contribution is 2.27. The van der Waals surface area contributed by atoms with E-state index in [2.05, 4.69) is 15.0 Å². The van der Waals surface area contributed by atoms with Crippen LogP contribution in [0.3, 0.4) is 0 Å². The molecule has 0 atom stereocenters. The zero-order valence-corrected chi connectivity index (χ0v) is 9.31. The first-order valence-electron chi connectivity index (χ1n) is 5.34. The monoisotopic (exact) mass is 225 g/mol. The number of phenolic OH excluding ortho intramolecular Hbond substituents is 1. The lowest BCUT2D eigenvalue weighted by Crippen LogP contribution is -1.85. The average Bonchev–Trinajstić information content (AvgIpc) is 2.73. The maximum atomic E-state index is 9.28. The highest BCUT2D eigenvalue weighted by atomic mass is 16.3. The van der Waals surface area contributed by atoms with Crippen LogP contribution in [0.1, 0.15) is 5.69 Å². The van der Waals surface area contributed by atoms with Crippen LogP contribution >= 0.6 is 0 Å². The van der Waals surface area contributed by atoms with E-state index in [9.17, 15) is 5.11 Å². The quantitative estimate of drug-likeness (QED) is 0.669. The number of aromatic amines is 1. The van der Waals surface area contributed by atoms with E-state index < -0.39 is 0 Å². The van der Waals surface area contributed by atoms with Gasteiger partial charge in [0.25, 0.3) is 0 Å². The van der Waals surface area contributed by atoms with E-state index in [4.69, 9.17) is 0 Å². The molecule has 3 rings (SSSR count). The highest BCUT2D eigenvalue weighted by molar-refractivity contribution is 5.90. The van der Waals surface area contributed by atoms with Gasteiger partial charge in [0, 0.05) is 11.8 Å². The summed E-state index contributed by atoms with van der Waals surface area (Å²) in [6.07, 6.45) is 3.62. The second kappa shape index (κ2) is 3.59. The van der Waals surface area contributed by atoms with Crippen LogP contribution < -0.4 is 0 Å². The number of aryl methyl sites for hydroxylation is 1. The lowest BCUT2D eigenvalue weighted by molar-refractivity contribution is 0.475. The minimum atomic E-state index is 0.260. The second-order valence-electron chi connectivity index (χ2n) is 3.96. The van der Waals surface area contributed by atoms with Gasteiger partial charge in [-0.05, 0) is 24.6 Å². The molecule has 4 nitrogen and oxygen atoms in total. The van der Waals surface area contributed by atoms with Gasteiger partial charge in [0.05, 0.1) is 11.9 Å². The van der Waals surface area contributed by atoms with Crippen molar-refractivity contribution in [2.75, 3.05) is 0 Å². The minimum absolute atomic E-state index is 0.260. The normalized spacial score (nSPS) is 10.9. The second-order valence-corrected chi connectivity index (χ2v) is 3.96. The summed E-state index contributed by atoms with van der Waals surface area (Å²) in [5.41, 5.74) is 4.52. The summed E-state index contributed by atoms with van der Waals surface area (Å²) in [4.78, 5) is 11.8. The summed E-state index contributed by atoms with van der Waals surface area (Å²) >= 11 is 0. The Morgan fingerprint density at radius 2 is 1.94 bits per heavy atom. The van der Waals surface area contributed by atoms with E-state index >= 15 is 0 Å². The highest BCUT2D eigenvalue weighted by Gasteiger charge is 2.08. The Hall–Kier alpha value is -2.36. The zero-order valence-electron chi connectivity index (χ0n) is 9.31. The third-order valence-electron chi connectivity index (χ3n) is 2.68. The SMILES string of the molecule is Cc1cnc2[nH]cc(-c3ccc(O)cc3)c2n1. The fourth-order valence-corrected chi connectivity index (χ4v) is 1.84. The number of rotatable bonds is 1. The molecule has 0 saturated carbocycles. The predicted octanol–water partition coefficient (Wildman–Crippen LogP) is 2.64. The third-order valence-corrected chi connectivity index (χ3v) is 2.68. The fraction of sp³-hybridized carbons (Fsp3) is 0.0769. The Labute approximate surface area is 98.0 Å². The predicted molar refractivity (Wildman–Crippen MR) is 65.7 cm³/mol. The third kappa shape index (κ3) is 1.63. The van der Waals surface area contributed by atoms with Gasteiger partial charge in [0.1, 0.15) is 11.3 Å². The summed E-state index contributed by atoms with van der Waals surface area (Å²) in [6, 6.07) is 7.05. The number of hydrogen-bond donors (Lipinski definition) is 2. The first kappa shape index (κ1) is 9.84. The Kier molecular flexibility index (Phi) is 2.08. The first-order valence-corrected chi connectivity index (χ1v) is 5.34. The molecule has 0 amide bonds. The molecule has 1 aromatic carbocycles. The van der Waals surface area contributed by atoms with Gasteiger partial charge >= 0.3 is 0 Å². The van der Waals surface area contributed by atoms with E-state index in [1.807, 2.05) is 25.3 Å². The summed E-state index contributed by atoms with van der Waals surface area (Å²) in [6.45, 7) is 1.92. The molecule has 84 valence electrons. The van der Waals surface area contributed by atoms with Gasteiger partial charge in [0.15, 0.2) is 5.65 Å². The zero-order chi connectivity index (χ0) is 11.8. The lowest BCUT2D eigenvalue weighted by atomic mass is 10.1.